The van der Waals surface area contributed by atoms with E-state index in [4.69, 9.17) is 9.47 Å². The quantitative estimate of drug-likeness (QED) is 0.402. The molecule has 2 aliphatic heterocycles. The van der Waals surface area contributed by atoms with Crippen molar-refractivity contribution in [2.24, 2.45) is 0 Å². The second-order valence-corrected chi connectivity index (χ2v) is 10.2. The van der Waals surface area contributed by atoms with E-state index in [0.29, 0.717) is 35.7 Å². The van der Waals surface area contributed by atoms with Crippen LogP contribution in [0.2, 0.25) is 0 Å². The minimum Gasteiger partial charge on any atom is -0.493 e. The van der Waals surface area contributed by atoms with Crippen LogP contribution in [0.1, 0.15) is 57.9 Å². The molecule has 0 unspecified atom stereocenters. The highest BCUT2D eigenvalue weighted by Crippen LogP contribution is 2.48. The van der Waals surface area contributed by atoms with Gasteiger partial charge >= 0.3 is 0 Å². The number of benzene rings is 3. The first kappa shape index (κ1) is 26.6. The number of hydrogen-bond donors (Lipinski definition) is 1. The van der Waals surface area contributed by atoms with Gasteiger partial charge in [-0.1, -0.05) is 36.4 Å². The van der Waals surface area contributed by atoms with E-state index < -0.39 is 5.92 Å². The van der Waals surface area contributed by atoms with Crippen LogP contribution in [0.25, 0.3) is 0 Å². The summed E-state index contributed by atoms with van der Waals surface area (Å²) in [5.74, 6) is 0.275. The lowest BCUT2D eigenvalue weighted by molar-refractivity contribution is -0.124. The molecule has 0 saturated heterocycles. The highest BCUT2D eigenvalue weighted by molar-refractivity contribution is 6.02. The van der Waals surface area contributed by atoms with Gasteiger partial charge in [-0.15, -0.1) is 0 Å². The number of carbonyl (C=O) groups excluding carboxylic acids is 2. The maximum atomic E-state index is 14.0. The normalized spacial score (nSPS) is 17.5. The second kappa shape index (κ2) is 11.4. The molecule has 3 aromatic carbocycles. The molecule has 3 aromatic rings. The van der Waals surface area contributed by atoms with Crippen molar-refractivity contribution >= 4 is 17.5 Å². The van der Waals surface area contributed by atoms with Crippen LogP contribution >= 0.6 is 0 Å². The van der Waals surface area contributed by atoms with Gasteiger partial charge in [0, 0.05) is 37.4 Å². The molecule has 0 aromatic heterocycles. The molecule has 204 valence electrons. The molecule has 7 heteroatoms. The van der Waals surface area contributed by atoms with E-state index in [-0.39, 0.29) is 17.9 Å². The predicted molar refractivity (Wildman–Crippen MR) is 153 cm³/mol. The molecule has 0 saturated carbocycles. The number of ether oxygens (including phenoxy) is 2. The van der Waals surface area contributed by atoms with Gasteiger partial charge < -0.3 is 24.6 Å². The molecule has 0 fully saturated rings. The largest absolute Gasteiger partial charge is 0.493 e. The average Bonchev–Trinajstić information content (AvgIpc) is 2.96. The summed E-state index contributed by atoms with van der Waals surface area (Å²) in [5, 5.41) is 3.20. The fraction of sp³-hybridized carbons (Fsp3) is 0.375. The van der Waals surface area contributed by atoms with Crippen molar-refractivity contribution in [1.82, 2.24) is 10.2 Å². The van der Waals surface area contributed by atoms with Gasteiger partial charge in [0.15, 0.2) is 11.5 Å². The lowest BCUT2D eigenvalue weighted by atomic mass is 9.75. The van der Waals surface area contributed by atoms with Gasteiger partial charge in [-0.3, -0.25) is 9.59 Å². The van der Waals surface area contributed by atoms with E-state index in [9.17, 15) is 9.59 Å². The highest BCUT2D eigenvalue weighted by Gasteiger charge is 2.46. The zero-order valence-electron chi connectivity index (χ0n) is 23.2. The lowest BCUT2D eigenvalue weighted by Crippen LogP contribution is -2.50. The number of fused-ring (bicyclic) bond motifs is 4. The Hall–Kier alpha value is -4.00. The maximum Gasteiger partial charge on any atom is 0.254 e. The number of hydrogen-bond acceptors (Lipinski definition) is 5. The third kappa shape index (κ3) is 5.05. The van der Waals surface area contributed by atoms with Crippen molar-refractivity contribution in [3.63, 3.8) is 0 Å². The molecule has 2 heterocycles. The Morgan fingerprint density at radius 2 is 1.79 bits per heavy atom. The third-order valence-electron chi connectivity index (χ3n) is 7.96. The molecule has 0 radical (unpaired) electrons. The molecule has 5 rings (SSSR count). The van der Waals surface area contributed by atoms with Crippen LogP contribution in [0.3, 0.4) is 0 Å². The fourth-order valence-electron chi connectivity index (χ4n) is 6.02. The first-order valence-corrected chi connectivity index (χ1v) is 13.7. The molecule has 39 heavy (non-hydrogen) atoms. The number of anilines is 1. The summed E-state index contributed by atoms with van der Waals surface area (Å²) < 4.78 is 11.1. The van der Waals surface area contributed by atoms with Crippen molar-refractivity contribution in [2.45, 2.75) is 38.6 Å². The van der Waals surface area contributed by atoms with Crippen LogP contribution in [0.15, 0.2) is 60.7 Å². The summed E-state index contributed by atoms with van der Waals surface area (Å²) in [6.07, 6.45) is 1.57. The van der Waals surface area contributed by atoms with E-state index in [1.165, 1.54) is 16.8 Å². The van der Waals surface area contributed by atoms with Gasteiger partial charge in [0.1, 0.15) is 0 Å². The van der Waals surface area contributed by atoms with Crippen LogP contribution in [0.4, 0.5) is 5.69 Å². The van der Waals surface area contributed by atoms with Crippen LogP contribution in [-0.2, 0) is 11.2 Å². The monoisotopic (exact) mass is 527 g/mol. The van der Waals surface area contributed by atoms with Crippen LogP contribution < -0.4 is 19.7 Å². The number of rotatable bonds is 9. The Morgan fingerprint density at radius 3 is 2.54 bits per heavy atom. The Labute approximate surface area is 230 Å². The van der Waals surface area contributed by atoms with E-state index in [0.717, 1.165) is 31.5 Å². The van der Waals surface area contributed by atoms with Crippen molar-refractivity contribution in [3.8, 4) is 11.5 Å². The number of nitrogens with one attached hydrogen (secondary N) is 1. The molecule has 1 N–H and O–H groups in total. The van der Waals surface area contributed by atoms with Crippen molar-refractivity contribution in [3.05, 3.63) is 88.5 Å². The van der Waals surface area contributed by atoms with E-state index in [1.807, 2.05) is 23.1 Å². The standard InChI is InChI=1S/C32H37N3O4/c1-5-34(23-12-8-10-21(2)18-23)16-9-15-33-31(36)29-25-19-27(38-3)28(39-4)20-26(25)32(37)35-17-14-22-11-6-7-13-24(22)30(29)35/h6-8,10-13,18-20,29-30H,5,9,14-17H2,1-4H3,(H,33,36)/t29-,30-/m1/s1. The predicted octanol–water partition coefficient (Wildman–Crippen LogP) is 4.88. The van der Waals surface area contributed by atoms with E-state index in [2.05, 4.69) is 54.4 Å². The zero-order valence-corrected chi connectivity index (χ0v) is 23.2. The summed E-state index contributed by atoms with van der Waals surface area (Å²) >= 11 is 0. The summed E-state index contributed by atoms with van der Waals surface area (Å²) in [6, 6.07) is 19.8. The first-order valence-electron chi connectivity index (χ1n) is 13.7. The Kier molecular flexibility index (Phi) is 7.77. The lowest BCUT2D eigenvalue weighted by Gasteiger charge is -2.45. The Morgan fingerprint density at radius 1 is 1.03 bits per heavy atom. The van der Waals surface area contributed by atoms with Crippen LogP contribution in [-0.4, -0.2) is 57.1 Å². The van der Waals surface area contributed by atoms with E-state index >= 15 is 0 Å². The Bertz CT molecular complexity index is 1370. The van der Waals surface area contributed by atoms with E-state index in [1.54, 1.807) is 26.4 Å². The molecule has 0 aliphatic carbocycles. The van der Waals surface area contributed by atoms with Crippen molar-refractivity contribution in [2.75, 3.05) is 45.3 Å². The molecule has 0 bridgehead atoms. The summed E-state index contributed by atoms with van der Waals surface area (Å²) in [5.41, 5.74) is 5.83. The molecule has 2 atom stereocenters. The molecular formula is C32H37N3O4. The second-order valence-electron chi connectivity index (χ2n) is 10.2. The van der Waals surface area contributed by atoms with Gasteiger partial charge in [0.25, 0.3) is 5.91 Å². The smallest absolute Gasteiger partial charge is 0.254 e. The van der Waals surface area contributed by atoms with Crippen molar-refractivity contribution in [1.29, 1.82) is 0 Å². The summed E-state index contributed by atoms with van der Waals surface area (Å²) in [6.45, 7) is 7.09. The van der Waals surface area contributed by atoms with Crippen LogP contribution in [0, 0.1) is 6.92 Å². The maximum absolute atomic E-state index is 14.0. The summed E-state index contributed by atoms with van der Waals surface area (Å²) in [4.78, 5) is 31.9. The van der Waals surface area contributed by atoms with Gasteiger partial charge in [0.05, 0.1) is 26.2 Å². The average molecular weight is 528 g/mol. The molecule has 0 spiro atoms. The fourth-order valence-corrected chi connectivity index (χ4v) is 6.02. The first-order chi connectivity index (χ1) is 19.0. The number of aryl methyl sites for hydroxylation is 1. The topological polar surface area (TPSA) is 71.1 Å². The van der Waals surface area contributed by atoms with Gasteiger partial charge in [-0.2, -0.15) is 0 Å². The molecule has 7 nitrogen and oxygen atoms in total. The third-order valence-corrected chi connectivity index (χ3v) is 7.96. The number of amides is 2. The Balaban J connectivity index is 1.42. The summed E-state index contributed by atoms with van der Waals surface area (Å²) in [7, 11) is 3.12. The zero-order chi connectivity index (χ0) is 27.5. The minimum absolute atomic E-state index is 0.0775. The number of nitrogens with zero attached hydrogens (tertiary/aromatic N) is 2. The van der Waals surface area contributed by atoms with Crippen LogP contribution in [0.5, 0.6) is 11.5 Å². The van der Waals surface area contributed by atoms with Gasteiger partial charge in [-0.25, -0.2) is 0 Å². The number of methoxy groups -OCH3 is 2. The molecule has 2 amide bonds. The van der Waals surface area contributed by atoms with Crippen molar-refractivity contribution < 1.29 is 19.1 Å². The van der Waals surface area contributed by atoms with Gasteiger partial charge in [0.2, 0.25) is 5.91 Å². The van der Waals surface area contributed by atoms with Gasteiger partial charge in [-0.05, 0) is 73.2 Å². The molecule has 2 aliphatic rings. The SMILES string of the molecule is CCN(CCCNC(=O)[C@@H]1c2cc(OC)c(OC)cc2C(=O)N2CCc3ccccc3[C@H]12)c1cccc(C)c1. The highest BCUT2D eigenvalue weighted by atomic mass is 16.5. The minimum atomic E-state index is -0.557. The number of carbonyl (C=O) groups is 2. The molecular weight excluding hydrogens is 490 g/mol.